The highest BCUT2D eigenvalue weighted by molar-refractivity contribution is 14.0. The molecule has 1 aliphatic rings. The molecule has 0 aromatic carbocycles. The molecule has 18 heavy (non-hydrogen) atoms. The Balaban J connectivity index is 0.00000289. The van der Waals surface area contributed by atoms with Gasteiger partial charge < -0.3 is 10.2 Å². The molecule has 1 saturated heterocycles. The Kier molecular flexibility index (Phi) is 9.74. The Morgan fingerprint density at radius 3 is 2.89 bits per heavy atom. The van der Waals surface area contributed by atoms with E-state index in [0.717, 1.165) is 25.6 Å². The van der Waals surface area contributed by atoms with Gasteiger partial charge in [0.1, 0.15) is 6.54 Å². The number of terminal acetylenes is 1. The molecular formula is C13H24IN3S. The standard InChI is InChI=1S/C13H23N3S.HI/c1-5-7-15-13(14-6-2)16-8-9-17-12(10-16)11(3)4;/h1,11-12H,6-10H2,2-4H3,(H,14,15);1H. The van der Waals surface area contributed by atoms with Gasteiger partial charge in [-0.2, -0.15) is 11.8 Å². The normalized spacial score (nSPS) is 20.3. The van der Waals surface area contributed by atoms with Crippen LogP contribution in [0.25, 0.3) is 0 Å². The summed E-state index contributed by atoms with van der Waals surface area (Å²) in [5, 5.41) is 4.01. The van der Waals surface area contributed by atoms with E-state index in [1.807, 2.05) is 0 Å². The number of halogens is 1. The molecule has 0 saturated carbocycles. The summed E-state index contributed by atoms with van der Waals surface area (Å²) >= 11 is 2.07. The summed E-state index contributed by atoms with van der Waals surface area (Å²) in [5.41, 5.74) is 0. The summed E-state index contributed by atoms with van der Waals surface area (Å²) in [6.07, 6.45) is 5.27. The molecule has 5 heteroatoms. The summed E-state index contributed by atoms with van der Waals surface area (Å²) in [6, 6.07) is 0. The maximum Gasteiger partial charge on any atom is 0.194 e. The van der Waals surface area contributed by atoms with Gasteiger partial charge in [-0.1, -0.05) is 19.8 Å². The monoisotopic (exact) mass is 381 g/mol. The number of hydrogen-bond donors (Lipinski definition) is 1. The van der Waals surface area contributed by atoms with Gasteiger partial charge in [0.25, 0.3) is 0 Å². The van der Waals surface area contributed by atoms with E-state index in [2.05, 4.69) is 53.7 Å². The number of rotatable bonds is 3. The van der Waals surface area contributed by atoms with Crippen molar-refractivity contribution in [3.63, 3.8) is 0 Å². The molecule has 3 nitrogen and oxygen atoms in total. The van der Waals surface area contributed by atoms with Crippen molar-refractivity contribution >= 4 is 41.7 Å². The fourth-order valence-corrected chi connectivity index (χ4v) is 3.12. The van der Waals surface area contributed by atoms with Crippen LogP contribution in [0.3, 0.4) is 0 Å². The van der Waals surface area contributed by atoms with E-state index >= 15 is 0 Å². The minimum absolute atomic E-state index is 0. The molecule has 1 unspecified atom stereocenters. The van der Waals surface area contributed by atoms with Gasteiger partial charge in [-0.15, -0.1) is 30.4 Å². The summed E-state index contributed by atoms with van der Waals surface area (Å²) < 4.78 is 0. The van der Waals surface area contributed by atoms with Crippen molar-refractivity contribution in [3.8, 4) is 12.3 Å². The van der Waals surface area contributed by atoms with Crippen LogP contribution in [0.1, 0.15) is 20.8 Å². The van der Waals surface area contributed by atoms with Gasteiger partial charge in [-0.05, 0) is 12.8 Å². The zero-order valence-electron chi connectivity index (χ0n) is 11.5. The molecule has 1 fully saturated rings. The van der Waals surface area contributed by atoms with Gasteiger partial charge in [-0.25, -0.2) is 4.99 Å². The minimum Gasteiger partial charge on any atom is -0.356 e. The van der Waals surface area contributed by atoms with Crippen LogP contribution in [0.4, 0.5) is 0 Å². The number of aliphatic imine (C=N–C) groups is 1. The van der Waals surface area contributed by atoms with Crippen LogP contribution in [0, 0.1) is 18.3 Å². The van der Waals surface area contributed by atoms with Gasteiger partial charge >= 0.3 is 0 Å². The lowest BCUT2D eigenvalue weighted by molar-refractivity contribution is 0.381. The van der Waals surface area contributed by atoms with Crippen LogP contribution in [0.15, 0.2) is 4.99 Å². The van der Waals surface area contributed by atoms with Crippen molar-refractivity contribution < 1.29 is 0 Å². The predicted molar refractivity (Wildman–Crippen MR) is 92.9 cm³/mol. The first-order valence-electron chi connectivity index (χ1n) is 6.27. The Bertz CT molecular complexity index is 299. The quantitative estimate of drug-likeness (QED) is 0.352. The summed E-state index contributed by atoms with van der Waals surface area (Å²) in [5.74, 6) is 5.42. The van der Waals surface area contributed by atoms with Crippen LogP contribution >= 0.6 is 35.7 Å². The number of nitrogens with one attached hydrogen (secondary N) is 1. The van der Waals surface area contributed by atoms with Crippen LogP contribution in [0.5, 0.6) is 0 Å². The smallest absolute Gasteiger partial charge is 0.194 e. The Morgan fingerprint density at radius 1 is 1.61 bits per heavy atom. The third kappa shape index (κ3) is 5.70. The first-order valence-corrected chi connectivity index (χ1v) is 7.32. The first-order chi connectivity index (χ1) is 8.19. The topological polar surface area (TPSA) is 27.6 Å². The molecule has 0 aliphatic carbocycles. The van der Waals surface area contributed by atoms with E-state index in [1.54, 1.807) is 0 Å². The second kappa shape index (κ2) is 9.79. The largest absolute Gasteiger partial charge is 0.356 e. The molecule has 1 atom stereocenters. The third-order valence-electron chi connectivity index (χ3n) is 2.79. The Labute approximate surface area is 133 Å². The highest BCUT2D eigenvalue weighted by Crippen LogP contribution is 2.24. The molecule has 0 aromatic rings. The predicted octanol–water partition coefficient (Wildman–Crippen LogP) is 2.28. The number of hydrogen-bond acceptors (Lipinski definition) is 2. The molecule has 104 valence electrons. The fourth-order valence-electron chi connectivity index (χ4n) is 1.82. The average molecular weight is 381 g/mol. The molecule has 1 rings (SSSR count). The maximum atomic E-state index is 5.27. The summed E-state index contributed by atoms with van der Waals surface area (Å²) in [6.45, 7) is 10.1. The fraction of sp³-hybridized carbons (Fsp3) is 0.769. The summed E-state index contributed by atoms with van der Waals surface area (Å²) in [4.78, 5) is 6.77. The van der Waals surface area contributed by atoms with Crippen molar-refractivity contribution in [3.05, 3.63) is 0 Å². The van der Waals surface area contributed by atoms with E-state index in [9.17, 15) is 0 Å². The van der Waals surface area contributed by atoms with Crippen molar-refractivity contribution in [2.24, 2.45) is 10.9 Å². The van der Waals surface area contributed by atoms with Crippen LogP contribution < -0.4 is 5.32 Å². The van der Waals surface area contributed by atoms with Crippen molar-refractivity contribution in [1.29, 1.82) is 0 Å². The SMILES string of the molecule is C#CCN=C(NCC)N1CCSC(C(C)C)C1.I. The van der Waals surface area contributed by atoms with E-state index in [0.29, 0.717) is 17.7 Å². The van der Waals surface area contributed by atoms with E-state index < -0.39 is 0 Å². The molecule has 1 aliphatic heterocycles. The number of thioether (sulfide) groups is 1. The highest BCUT2D eigenvalue weighted by Gasteiger charge is 2.24. The Morgan fingerprint density at radius 2 is 2.33 bits per heavy atom. The van der Waals surface area contributed by atoms with Gasteiger partial charge in [0.15, 0.2) is 5.96 Å². The van der Waals surface area contributed by atoms with Gasteiger partial charge in [0.2, 0.25) is 0 Å². The second-order valence-corrected chi connectivity index (χ2v) is 5.82. The molecule has 0 amide bonds. The first kappa shape index (κ1) is 17.9. The van der Waals surface area contributed by atoms with Crippen LogP contribution in [-0.2, 0) is 0 Å². The third-order valence-corrected chi connectivity index (χ3v) is 4.33. The second-order valence-electron chi connectivity index (χ2n) is 4.47. The molecule has 0 radical (unpaired) electrons. The van der Waals surface area contributed by atoms with E-state index in [1.165, 1.54) is 5.75 Å². The lowest BCUT2D eigenvalue weighted by Crippen LogP contribution is -2.49. The maximum absolute atomic E-state index is 5.27. The highest BCUT2D eigenvalue weighted by atomic mass is 127. The van der Waals surface area contributed by atoms with Gasteiger partial charge in [-0.3, -0.25) is 0 Å². The van der Waals surface area contributed by atoms with Crippen molar-refractivity contribution in [2.45, 2.75) is 26.0 Å². The number of guanidine groups is 1. The van der Waals surface area contributed by atoms with E-state index in [4.69, 9.17) is 6.42 Å². The van der Waals surface area contributed by atoms with Crippen molar-refractivity contribution in [2.75, 3.05) is 31.9 Å². The van der Waals surface area contributed by atoms with Crippen LogP contribution in [-0.4, -0.2) is 48.0 Å². The lowest BCUT2D eigenvalue weighted by Gasteiger charge is -2.36. The van der Waals surface area contributed by atoms with Crippen LogP contribution in [0.2, 0.25) is 0 Å². The molecular weight excluding hydrogens is 357 g/mol. The average Bonchev–Trinajstić information content (AvgIpc) is 2.34. The van der Waals surface area contributed by atoms with E-state index in [-0.39, 0.29) is 24.0 Å². The molecule has 0 bridgehead atoms. The van der Waals surface area contributed by atoms with Crippen molar-refractivity contribution in [1.82, 2.24) is 10.2 Å². The van der Waals surface area contributed by atoms with Gasteiger partial charge in [0, 0.05) is 30.6 Å². The zero-order chi connectivity index (χ0) is 12.7. The lowest BCUT2D eigenvalue weighted by atomic mass is 10.1. The molecule has 0 spiro atoms. The Hall–Kier alpha value is -0.0900. The minimum atomic E-state index is 0. The molecule has 1 heterocycles. The zero-order valence-corrected chi connectivity index (χ0v) is 14.6. The van der Waals surface area contributed by atoms with Gasteiger partial charge in [0.05, 0.1) is 0 Å². The number of nitrogens with zero attached hydrogens (tertiary/aromatic N) is 2. The molecule has 1 N–H and O–H groups in total. The molecule has 0 aromatic heterocycles. The summed E-state index contributed by atoms with van der Waals surface area (Å²) in [7, 11) is 0.